The van der Waals surface area contributed by atoms with Crippen LogP contribution in [0.1, 0.15) is 6.92 Å². The van der Waals surface area contributed by atoms with Crippen LogP contribution in [-0.4, -0.2) is 37.1 Å². The third-order valence-corrected chi connectivity index (χ3v) is 2.49. The minimum absolute atomic E-state index is 0.407. The largest absolute Gasteiger partial charge is 0.497 e. The average Bonchev–Trinajstić information content (AvgIpc) is 2.28. The number of carboxylic acids is 1. The number of rotatable bonds is 5. The second kappa shape index (κ2) is 5.34. The normalized spacial score (nSPS) is 11.7. The van der Waals surface area contributed by atoms with Gasteiger partial charge in [0.1, 0.15) is 5.75 Å². The third-order valence-electron chi connectivity index (χ3n) is 2.49. The molecule has 0 amide bonds. The van der Waals surface area contributed by atoms with Gasteiger partial charge in [-0.25, -0.2) is 4.79 Å². The van der Waals surface area contributed by atoms with E-state index in [9.17, 15) is 9.59 Å². The number of methoxy groups -OCH3 is 1. The van der Waals surface area contributed by atoms with Crippen LogP contribution in [0.25, 0.3) is 0 Å². The fraction of sp³-hybridized carbons (Fsp3) is 0.333. The van der Waals surface area contributed by atoms with Crippen molar-refractivity contribution in [2.45, 2.75) is 13.0 Å². The van der Waals surface area contributed by atoms with Gasteiger partial charge in [-0.2, -0.15) is 0 Å². The number of aliphatic carboxylic acids is 1. The Morgan fingerprint density at radius 2 is 1.82 bits per heavy atom. The quantitative estimate of drug-likeness (QED) is 0.779. The van der Waals surface area contributed by atoms with E-state index in [4.69, 9.17) is 9.84 Å². The number of anilines is 1. The number of hydrogen-bond acceptors (Lipinski definition) is 4. The molecule has 0 aliphatic rings. The molecule has 0 saturated carbocycles. The number of ether oxygens (including phenoxy) is 1. The van der Waals surface area contributed by atoms with E-state index in [0.717, 1.165) is 0 Å². The first kappa shape index (κ1) is 13.0. The van der Waals surface area contributed by atoms with Crippen molar-refractivity contribution in [3.63, 3.8) is 0 Å². The molecule has 0 saturated heterocycles. The molecule has 5 heteroatoms. The fourth-order valence-electron chi connectivity index (χ4n) is 1.58. The van der Waals surface area contributed by atoms with Gasteiger partial charge in [-0.05, 0) is 31.2 Å². The first-order valence-electron chi connectivity index (χ1n) is 5.07. The second-order valence-electron chi connectivity index (χ2n) is 3.66. The van der Waals surface area contributed by atoms with Crippen LogP contribution in [-0.2, 0) is 9.59 Å². The number of hydrogen-bond donors (Lipinski definition) is 1. The lowest BCUT2D eigenvalue weighted by molar-refractivity contribution is -0.141. The Kier molecular flexibility index (Phi) is 4.09. The summed E-state index contributed by atoms with van der Waals surface area (Å²) < 4.78 is 5.00. The molecule has 0 fully saturated rings. The molecule has 0 spiro atoms. The summed E-state index contributed by atoms with van der Waals surface area (Å²) in [6.45, 7) is 1.26. The van der Waals surface area contributed by atoms with Gasteiger partial charge in [-0.1, -0.05) is 0 Å². The predicted octanol–water partition coefficient (Wildman–Crippen LogP) is 1.17. The number of likely N-dealkylation sites (N-methyl/N-ethyl adjacent to an activating group) is 1. The number of Topliss-reactive ketones (excluding diaryl/α,β-unsaturated/α-hetero) is 1. The summed E-state index contributed by atoms with van der Waals surface area (Å²) in [6, 6.07) is 5.67. The summed E-state index contributed by atoms with van der Waals surface area (Å²) in [5, 5.41) is 8.99. The summed E-state index contributed by atoms with van der Waals surface area (Å²) in [4.78, 5) is 23.7. The predicted molar refractivity (Wildman–Crippen MR) is 63.5 cm³/mol. The molecule has 17 heavy (non-hydrogen) atoms. The van der Waals surface area contributed by atoms with E-state index in [2.05, 4.69) is 0 Å². The van der Waals surface area contributed by atoms with Crippen LogP contribution < -0.4 is 9.64 Å². The van der Waals surface area contributed by atoms with Crippen molar-refractivity contribution < 1.29 is 19.4 Å². The highest BCUT2D eigenvalue weighted by Gasteiger charge is 2.27. The molecule has 1 N–H and O–H groups in total. The molecule has 1 aromatic carbocycles. The van der Waals surface area contributed by atoms with Crippen molar-refractivity contribution in [1.29, 1.82) is 0 Å². The van der Waals surface area contributed by atoms with Gasteiger partial charge in [0.15, 0.2) is 11.8 Å². The van der Waals surface area contributed by atoms with E-state index in [-0.39, 0.29) is 0 Å². The second-order valence-corrected chi connectivity index (χ2v) is 3.66. The maximum Gasteiger partial charge on any atom is 0.334 e. The standard InChI is InChI=1S/C12H15NO4/c1-8(14)11(12(15)16)13(2)9-4-6-10(17-3)7-5-9/h4-7,11H,1-3H3,(H,15,16). The number of nitrogens with zero attached hydrogens (tertiary/aromatic N) is 1. The molecule has 1 atom stereocenters. The lowest BCUT2D eigenvalue weighted by atomic mass is 10.1. The van der Waals surface area contributed by atoms with E-state index in [0.29, 0.717) is 11.4 Å². The van der Waals surface area contributed by atoms with Crippen LogP contribution in [0.15, 0.2) is 24.3 Å². The van der Waals surface area contributed by atoms with E-state index < -0.39 is 17.8 Å². The number of benzene rings is 1. The number of carbonyl (C=O) groups is 2. The highest BCUT2D eigenvalue weighted by molar-refractivity contribution is 6.04. The number of carbonyl (C=O) groups excluding carboxylic acids is 1. The third kappa shape index (κ3) is 2.96. The van der Waals surface area contributed by atoms with Crippen molar-refractivity contribution in [1.82, 2.24) is 0 Å². The summed E-state index contributed by atoms with van der Waals surface area (Å²) in [5.74, 6) is -0.886. The molecule has 0 radical (unpaired) electrons. The zero-order chi connectivity index (χ0) is 13.0. The van der Waals surface area contributed by atoms with Crippen LogP contribution in [0.2, 0.25) is 0 Å². The molecule has 5 nitrogen and oxygen atoms in total. The zero-order valence-corrected chi connectivity index (χ0v) is 10.0. The topological polar surface area (TPSA) is 66.8 Å². The first-order valence-corrected chi connectivity index (χ1v) is 5.07. The van der Waals surface area contributed by atoms with Gasteiger partial charge in [0.2, 0.25) is 0 Å². The Labute approximate surface area is 99.6 Å². The summed E-state index contributed by atoms with van der Waals surface area (Å²) >= 11 is 0. The smallest absolute Gasteiger partial charge is 0.334 e. The van der Waals surface area contributed by atoms with Gasteiger partial charge in [0.25, 0.3) is 0 Å². The van der Waals surface area contributed by atoms with E-state index in [1.165, 1.54) is 11.8 Å². The van der Waals surface area contributed by atoms with E-state index >= 15 is 0 Å². The van der Waals surface area contributed by atoms with Gasteiger partial charge in [-0.3, -0.25) is 4.79 Å². The van der Waals surface area contributed by atoms with Crippen LogP contribution >= 0.6 is 0 Å². The molecule has 0 aromatic heterocycles. The summed E-state index contributed by atoms with van der Waals surface area (Å²) in [6.07, 6.45) is 0. The molecule has 1 rings (SSSR count). The Balaban J connectivity index is 2.97. The fourth-order valence-corrected chi connectivity index (χ4v) is 1.58. The van der Waals surface area contributed by atoms with Gasteiger partial charge >= 0.3 is 5.97 Å². The molecule has 0 aliphatic carbocycles. The summed E-state index contributed by atoms with van der Waals surface area (Å²) in [5.41, 5.74) is 0.647. The molecule has 1 unspecified atom stereocenters. The number of ketones is 1. The Morgan fingerprint density at radius 1 is 1.29 bits per heavy atom. The average molecular weight is 237 g/mol. The molecule has 0 bridgehead atoms. The highest BCUT2D eigenvalue weighted by Crippen LogP contribution is 2.20. The Bertz CT molecular complexity index is 399. The molecule has 92 valence electrons. The van der Waals surface area contributed by atoms with E-state index in [1.54, 1.807) is 38.4 Å². The zero-order valence-electron chi connectivity index (χ0n) is 10.0. The van der Waals surface area contributed by atoms with E-state index in [1.807, 2.05) is 0 Å². The molecule has 1 aromatic rings. The highest BCUT2D eigenvalue weighted by atomic mass is 16.5. The maximum absolute atomic E-state index is 11.3. The Morgan fingerprint density at radius 3 is 2.18 bits per heavy atom. The van der Waals surface area contributed by atoms with Crippen LogP contribution in [0, 0.1) is 0 Å². The van der Waals surface area contributed by atoms with Crippen molar-refractivity contribution in [2.24, 2.45) is 0 Å². The molecule has 0 aliphatic heterocycles. The van der Waals surface area contributed by atoms with Gasteiger partial charge in [-0.15, -0.1) is 0 Å². The lowest BCUT2D eigenvalue weighted by Gasteiger charge is -2.24. The van der Waals surface area contributed by atoms with Crippen molar-refractivity contribution in [2.75, 3.05) is 19.1 Å². The molecule has 0 heterocycles. The van der Waals surface area contributed by atoms with Gasteiger partial charge in [0, 0.05) is 12.7 Å². The minimum Gasteiger partial charge on any atom is -0.497 e. The SMILES string of the molecule is COc1ccc(N(C)C(C(C)=O)C(=O)O)cc1. The van der Waals surface area contributed by atoms with Gasteiger partial charge < -0.3 is 14.7 Å². The van der Waals surface area contributed by atoms with Crippen LogP contribution in [0.4, 0.5) is 5.69 Å². The molecular weight excluding hydrogens is 222 g/mol. The number of carboxylic acid groups (broad SMARTS) is 1. The van der Waals surface area contributed by atoms with Crippen molar-refractivity contribution >= 4 is 17.4 Å². The lowest BCUT2D eigenvalue weighted by Crippen LogP contribution is -2.43. The minimum atomic E-state index is -1.16. The summed E-state index contributed by atoms with van der Waals surface area (Å²) in [7, 11) is 3.12. The van der Waals surface area contributed by atoms with Crippen LogP contribution in [0.3, 0.4) is 0 Å². The Hall–Kier alpha value is -2.04. The molecular formula is C12H15NO4. The van der Waals surface area contributed by atoms with Gasteiger partial charge in [0.05, 0.1) is 7.11 Å². The van der Waals surface area contributed by atoms with Crippen molar-refractivity contribution in [3.05, 3.63) is 24.3 Å². The maximum atomic E-state index is 11.3. The van der Waals surface area contributed by atoms with Crippen LogP contribution in [0.5, 0.6) is 5.75 Å². The first-order chi connectivity index (χ1) is 7.97. The monoisotopic (exact) mass is 237 g/mol. The van der Waals surface area contributed by atoms with Crippen molar-refractivity contribution in [3.8, 4) is 5.75 Å².